The molecule has 5 rings (SSSR count). The van der Waals surface area contributed by atoms with Gasteiger partial charge in [0, 0.05) is 18.3 Å². The van der Waals surface area contributed by atoms with Crippen molar-refractivity contribution in [3.05, 3.63) is 42.9 Å². The summed E-state index contributed by atoms with van der Waals surface area (Å²) in [5, 5.41) is 10.4. The highest BCUT2D eigenvalue weighted by molar-refractivity contribution is 5.94. The van der Waals surface area contributed by atoms with Crippen LogP contribution in [0.2, 0.25) is 0 Å². The average molecular weight is 304 g/mol. The number of hydrogen-bond acceptors (Lipinski definition) is 4. The minimum absolute atomic E-state index is 0.739. The van der Waals surface area contributed by atoms with Crippen LogP contribution in [0, 0.1) is 5.92 Å². The quantitative estimate of drug-likeness (QED) is 0.608. The van der Waals surface area contributed by atoms with Crippen LogP contribution in [0.25, 0.3) is 27.9 Å². The van der Waals surface area contributed by atoms with Crippen molar-refractivity contribution in [2.24, 2.45) is 5.92 Å². The summed E-state index contributed by atoms with van der Waals surface area (Å²) in [5.74, 6) is 2.47. The SMILES string of the molecule is c1cc(-c2ncn[nH]2)c2nc(NCC3CC3)c3cccn3c2c1. The summed E-state index contributed by atoms with van der Waals surface area (Å²) in [6.07, 6.45) is 6.24. The third kappa shape index (κ3) is 2.06. The van der Waals surface area contributed by atoms with Crippen LogP contribution in [0.15, 0.2) is 42.9 Å². The summed E-state index contributed by atoms with van der Waals surface area (Å²) in [6.45, 7) is 0.990. The molecule has 0 atom stereocenters. The predicted octanol–water partition coefficient (Wildman–Crippen LogP) is 3.09. The monoisotopic (exact) mass is 304 g/mol. The molecule has 2 N–H and O–H groups in total. The maximum Gasteiger partial charge on any atom is 0.157 e. The lowest BCUT2D eigenvalue weighted by Gasteiger charge is -2.12. The number of nitrogens with zero attached hydrogens (tertiary/aromatic N) is 4. The zero-order valence-corrected chi connectivity index (χ0v) is 12.5. The molecule has 1 saturated carbocycles. The van der Waals surface area contributed by atoms with Crippen LogP contribution in [-0.4, -0.2) is 31.1 Å². The molecule has 1 fully saturated rings. The van der Waals surface area contributed by atoms with Gasteiger partial charge in [0.15, 0.2) is 11.6 Å². The van der Waals surface area contributed by atoms with Gasteiger partial charge in [-0.25, -0.2) is 9.97 Å². The normalized spacial score (nSPS) is 14.6. The van der Waals surface area contributed by atoms with Gasteiger partial charge in [-0.05, 0) is 43.0 Å². The van der Waals surface area contributed by atoms with E-state index in [9.17, 15) is 0 Å². The topological polar surface area (TPSA) is 70.9 Å². The Bertz CT molecular complexity index is 981. The second-order valence-electron chi connectivity index (χ2n) is 6.06. The van der Waals surface area contributed by atoms with Crippen LogP contribution in [0.4, 0.5) is 5.82 Å². The van der Waals surface area contributed by atoms with Crippen molar-refractivity contribution in [3.8, 4) is 11.4 Å². The van der Waals surface area contributed by atoms with Gasteiger partial charge in [-0.3, -0.25) is 5.10 Å². The maximum atomic E-state index is 4.91. The lowest BCUT2D eigenvalue weighted by atomic mass is 10.1. The molecule has 0 saturated heterocycles. The number of nitrogens with one attached hydrogen (secondary N) is 2. The van der Waals surface area contributed by atoms with E-state index < -0.39 is 0 Å². The van der Waals surface area contributed by atoms with E-state index in [0.29, 0.717) is 0 Å². The Morgan fingerprint density at radius 2 is 2.09 bits per heavy atom. The average Bonchev–Trinajstić information content (AvgIpc) is 3.04. The third-order valence-corrected chi connectivity index (χ3v) is 4.41. The smallest absolute Gasteiger partial charge is 0.157 e. The van der Waals surface area contributed by atoms with E-state index in [1.807, 2.05) is 12.1 Å². The molecule has 114 valence electrons. The maximum absolute atomic E-state index is 4.91. The number of anilines is 1. The molecule has 3 aromatic heterocycles. The molecule has 4 aromatic rings. The number of aromatic nitrogens is 5. The second kappa shape index (κ2) is 4.81. The highest BCUT2D eigenvalue weighted by Crippen LogP contribution is 2.31. The molecule has 0 bridgehead atoms. The molecular weight excluding hydrogens is 288 g/mol. The van der Waals surface area contributed by atoms with E-state index in [2.05, 4.69) is 49.3 Å². The number of hydrogen-bond donors (Lipinski definition) is 2. The fourth-order valence-electron chi connectivity index (χ4n) is 3.02. The standard InChI is InChI=1S/C17H16N6/c1-3-12(16-19-10-20-22-16)15-13(4-1)23-8-2-5-14(23)17(21-15)18-9-11-6-7-11/h1-5,8,10-11H,6-7,9H2,(H,18,21)(H,19,20,22). The summed E-state index contributed by atoms with van der Waals surface area (Å²) >= 11 is 0. The highest BCUT2D eigenvalue weighted by Gasteiger charge is 2.21. The van der Waals surface area contributed by atoms with Gasteiger partial charge in [-0.1, -0.05) is 6.07 Å². The number of fused-ring (bicyclic) bond motifs is 3. The first-order valence-corrected chi connectivity index (χ1v) is 7.89. The van der Waals surface area contributed by atoms with E-state index in [0.717, 1.165) is 46.2 Å². The fourth-order valence-corrected chi connectivity index (χ4v) is 3.02. The molecule has 0 aliphatic heterocycles. The number of rotatable bonds is 4. The lowest BCUT2D eigenvalue weighted by Crippen LogP contribution is -2.07. The van der Waals surface area contributed by atoms with Crippen molar-refractivity contribution in [2.75, 3.05) is 11.9 Å². The highest BCUT2D eigenvalue weighted by atomic mass is 15.2. The van der Waals surface area contributed by atoms with Gasteiger partial charge >= 0.3 is 0 Å². The Kier molecular flexibility index (Phi) is 2.64. The number of aromatic amines is 1. The summed E-state index contributed by atoms with van der Waals surface area (Å²) in [6, 6.07) is 10.3. The minimum Gasteiger partial charge on any atom is -0.368 e. The van der Waals surface area contributed by atoms with Crippen LogP contribution in [0.5, 0.6) is 0 Å². The first-order chi connectivity index (χ1) is 11.4. The largest absolute Gasteiger partial charge is 0.368 e. The van der Waals surface area contributed by atoms with Gasteiger partial charge in [0.2, 0.25) is 0 Å². The Morgan fingerprint density at radius 1 is 1.17 bits per heavy atom. The molecular formula is C17H16N6. The zero-order chi connectivity index (χ0) is 15.2. The van der Waals surface area contributed by atoms with Crippen LogP contribution in [0.3, 0.4) is 0 Å². The molecule has 0 radical (unpaired) electrons. The Balaban J connectivity index is 1.75. The molecule has 1 aliphatic carbocycles. The molecule has 0 amide bonds. The lowest BCUT2D eigenvalue weighted by molar-refractivity contribution is 0.884. The zero-order valence-electron chi connectivity index (χ0n) is 12.5. The minimum atomic E-state index is 0.739. The summed E-state index contributed by atoms with van der Waals surface area (Å²) in [7, 11) is 0. The number of benzene rings is 1. The van der Waals surface area contributed by atoms with Gasteiger partial charge < -0.3 is 9.72 Å². The van der Waals surface area contributed by atoms with Crippen molar-refractivity contribution < 1.29 is 0 Å². The first kappa shape index (κ1) is 12.6. The third-order valence-electron chi connectivity index (χ3n) is 4.41. The van der Waals surface area contributed by atoms with Gasteiger partial charge in [-0.2, -0.15) is 5.10 Å². The molecule has 1 aliphatic rings. The van der Waals surface area contributed by atoms with Crippen LogP contribution in [0.1, 0.15) is 12.8 Å². The van der Waals surface area contributed by atoms with Gasteiger partial charge in [0.1, 0.15) is 11.8 Å². The van der Waals surface area contributed by atoms with E-state index in [1.165, 1.54) is 19.2 Å². The number of para-hydroxylation sites is 1. The Labute approximate surface area is 132 Å². The van der Waals surface area contributed by atoms with E-state index in [4.69, 9.17) is 4.98 Å². The second-order valence-corrected chi connectivity index (χ2v) is 6.06. The van der Waals surface area contributed by atoms with Crippen LogP contribution < -0.4 is 5.32 Å². The molecule has 23 heavy (non-hydrogen) atoms. The molecule has 6 heteroatoms. The van der Waals surface area contributed by atoms with E-state index >= 15 is 0 Å². The summed E-state index contributed by atoms with van der Waals surface area (Å²) < 4.78 is 2.18. The van der Waals surface area contributed by atoms with Crippen molar-refractivity contribution in [1.29, 1.82) is 0 Å². The van der Waals surface area contributed by atoms with Crippen molar-refractivity contribution in [1.82, 2.24) is 24.6 Å². The molecule has 1 aromatic carbocycles. The molecule has 6 nitrogen and oxygen atoms in total. The Hall–Kier alpha value is -2.89. The van der Waals surface area contributed by atoms with E-state index in [1.54, 1.807) is 0 Å². The van der Waals surface area contributed by atoms with Crippen molar-refractivity contribution in [3.63, 3.8) is 0 Å². The predicted molar refractivity (Wildman–Crippen MR) is 89.3 cm³/mol. The molecule has 0 unspecified atom stereocenters. The van der Waals surface area contributed by atoms with Crippen molar-refractivity contribution in [2.45, 2.75) is 12.8 Å². The number of H-pyrrole nitrogens is 1. The first-order valence-electron chi connectivity index (χ1n) is 7.89. The van der Waals surface area contributed by atoms with Gasteiger partial charge in [0.05, 0.1) is 11.0 Å². The van der Waals surface area contributed by atoms with Crippen LogP contribution >= 0.6 is 0 Å². The molecule has 3 heterocycles. The molecule has 0 spiro atoms. The van der Waals surface area contributed by atoms with Gasteiger partial charge in [0.25, 0.3) is 0 Å². The Morgan fingerprint density at radius 3 is 2.91 bits per heavy atom. The van der Waals surface area contributed by atoms with E-state index in [-0.39, 0.29) is 0 Å². The summed E-state index contributed by atoms with van der Waals surface area (Å²) in [5.41, 5.74) is 4.06. The summed E-state index contributed by atoms with van der Waals surface area (Å²) in [4.78, 5) is 9.19. The van der Waals surface area contributed by atoms with Crippen molar-refractivity contribution >= 4 is 22.4 Å². The fraction of sp³-hybridized carbons (Fsp3) is 0.235. The van der Waals surface area contributed by atoms with Crippen LogP contribution in [-0.2, 0) is 0 Å². The van der Waals surface area contributed by atoms with Gasteiger partial charge in [-0.15, -0.1) is 0 Å².